The standard InChI is InChI=1S/C18H33NO5/c1-10-7-18(5,22)8-14-6-11(2)17(21)23-13(4)15(20)16(24-14)12(3)19-9-10/h10-16,19-20,22H,6-9H2,1-5H3/t10-,11?,12?,13-,14+,15?,16?,18-/m1/s1. The minimum atomic E-state index is -0.913. The Morgan fingerprint density at radius 3 is 2.54 bits per heavy atom. The van der Waals surface area contributed by atoms with E-state index in [1.165, 1.54) is 0 Å². The van der Waals surface area contributed by atoms with Gasteiger partial charge in [0.15, 0.2) is 0 Å². The first-order valence-electron chi connectivity index (χ1n) is 9.09. The molecule has 2 rings (SSSR count). The lowest BCUT2D eigenvalue weighted by Crippen LogP contribution is -2.53. The molecule has 2 aliphatic rings. The number of ether oxygens (including phenoxy) is 2. The number of carbonyl (C=O) groups excluding carboxylic acids is 1. The van der Waals surface area contributed by atoms with E-state index in [0.29, 0.717) is 25.2 Å². The molecule has 0 amide bonds. The molecule has 2 fully saturated rings. The average Bonchev–Trinajstić information content (AvgIpc) is 2.49. The molecule has 2 saturated heterocycles. The quantitative estimate of drug-likeness (QED) is 0.574. The van der Waals surface area contributed by atoms with Gasteiger partial charge < -0.3 is 25.0 Å². The van der Waals surface area contributed by atoms with Crippen molar-refractivity contribution < 1.29 is 24.5 Å². The molecule has 0 aromatic heterocycles. The first-order valence-corrected chi connectivity index (χ1v) is 9.09. The number of nitrogens with one attached hydrogen (secondary N) is 1. The Balaban J connectivity index is 2.32. The van der Waals surface area contributed by atoms with E-state index in [4.69, 9.17) is 9.47 Å². The van der Waals surface area contributed by atoms with Crippen LogP contribution in [-0.4, -0.2) is 58.8 Å². The van der Waals surface area contributed by atoms with Gasteiger partial charge in [-0.05, 0) is 46.1 Å². The van der Waals surface area contributed by atoms with Crippen molar-refractivity contribution in [2.45, 2.75) is 89.9 Å². The zero-order valence-electron chi connectivity index (χ0n) is 15.5. The molecule has 0 radical (unpaired) electrons. The van der Waals surface area contributed by atoms with Crippen molar-refractivity contribution in [3.8, 4) is 0 Å². The van der Waals surface area contributed by atoms with E-state index in [1.807, 2.05) is 20.8 Å². The SMILES string of the molecule is CC1C[C@H]2C[C@](C)(O)C[C@@H](C)CNC(C)C(O2)C(O)[C@@H](C)OC1=O. The van der Waals surface area contributed by atoms with E-state index in [0.717, 1.165) is 6.54 Å². The summed E-state index contributed by atoms with van der Waals surface area (Å²) in [5.74, 6) is -0.348. The number of hydrogen-bond donors (Lipinski definition) is 3. The summed E-state index contributed by atoms with van der Waals surface area (Å²) in [6, 6.07) is -0.0810. The third-order valence-electron chi connectivity index (χ3n) is 5.22. The molecule has 3 N–H and O–H groups in total. The summed E-state index contributed by atoms with van der Waals surface area (Å²) < 4.78 is 11.6. The maximum atomic E-state index is 12.2. The van der Waals surface area contributed by atoms with Crippen molar-refractivity contribution in [3.05, 3.63) is 0 Å². The highest BCUT2D eigenvalue weighted by Gasteiger charge is 2.40. The normalized spacial score (nSPS) is 48.6. The van der Waals surface area contributed by atoms with E-state index in [1.54, 1.807) is 6.92 Å². The smallest absolute Gasteiger partial charge is 0.309 e. The van der Waals surface area contributed by atoms with Gasteiger partial charge in [-0.1, -0.05) is 13.8 Å². The number of cyclic esters (lactones) is 1. The van der Waals surface area contributed by atoms with E-state index in [-0.39, 0.29) is 24.0 Å². The van der Waals surface area contributed by atoms with Gasteiger partial charge in [-0.3, -0.25) is 4.79 Å². The van der Waals surface area contributed by atoms with Gasteiger partial charge in [-0.25, -0.2) is 0 Å². The van der Waals surface area contributed by atoms with Crippen molar-refractivity contribution in [2.75, 3.05) is 6.54 Å². The van der Waals surface area contributed by atoms with E-state index >= 15 is 0 Å². The summed E-state index contributed by atoms with van der Waals surface area (Å²) in [5, 5.41) is 24.8. The molecule has 0 aromatic rings. The zero-order chi connectivity index (χ0) is 18.1. The van der Waals surface area contributed by atoms with Gasteiger partial charge in [-0.2, -0.15) is 0 Å². The average molecular weight is 343 g/mol. The van der Waals surface area contributed by atoms with Crippen molar-refractivity contribution in [1.82, 2.24) is 5.32 Å². The van der Waals surface area contributed by atoms with E-state index < -0.39 is 23.9 Å². The van der Waals surface area contributed by atoms with Gasteiger partial charge in [0.25, 0.3) is 0 Å². The predicted octanol–water partition coefficient (Wildman–Crippen LogP) is 1.23. The summed E-state index contributed by atoms with van der Waals surface area (Å²) in [7, 11) is 0. The highest BCUT2D eigenvalue weighted by Crippen LogP contribution is 2.30. The minimum absolute atomic E-state index is 0.0810. The molecule has 0 spiro atoms. The van der Waals surface area contributed by atoms with E-state index in [9.17, 15) is 15.0 Å². The van der Waals surface area contributed by atoms with Crippen LogP contribution >= 0.6 is 0 Å². The fourth-order valence-electron chi connectivity index (χ4n) is 3.93. The fraction of sp³-hybridized carbons (Fsp3) is 0.944. The Labute approximate surface area is 144 Å². The highest BCUT2D eigenvalue weighted by molar-refractivity contribution is 5.72. The summed E-state index contributed by atoms with van der Waals surface area (Å²) in [6.45, 7) is 10.1. The fourth-order valence-corrected chi connectivity index (χ4v) is 3.93. The van der Waals surface area contributed by atoms with Crippen molar-refractivity contribution in [3.63, 3.8) is 0 Å². The number of fused-ring (bicyclic) bond motifs is 2. The Morgan fingerprint density at radius 2 is 1.88 bits per heavy atom. The first-order chi connectivity index (χ1) is 11.1. The topological polar surface area (TPSA) is 88.0 Å². The zero-order valence-corrected chi connectivity index (χ0v) is 15.5. The molecule has 6 heteroatoms. The van der Waals surface area contributed by atoms with Crippen LogP contribution in [0.4, 0.5) is 0 Å². The van der Waals surface area contributed by atoms with Crippen LogP contribution in [0, 0.1) is 11.8 Å². The molecule has 0 aliphatic carbocycles. The number of rotatable bonds is 0. The summed E-state index contributed by atoms with van der Waals surface area (Å²) in [6.07, 6.45) is -0.760. The van der Waals surface area contributed by atoms with Gasteiger partial charge in [0, 0.05) is 12.5 Å². The number of aliphatic hydroxyl groups is 2. The van der Waals surface area contributed by atoms with Crippen LogP contribution < -0.4 is 5.32 Å². The summed E-state index contributed by atoms with van der Waals surface area (Å²) in [4.78, 5) is 12.2. The van der Waals surface area contributed by atoms with Gasteiger partial charge in [0.2, 0.25) is 0 Å². The highest BCUT2D eigenvalue weighted by atomic mass is 16.6. The monoisotopic (exact) mass is 343 g/mol. The third-order valence-corrected chi connectivity index (χ3v) is 5.22. The van der Waals surface area contributed by atoms with Crippen molar-refractivity contribution >= 4 is 5.97 Å². The van der Waals surface area contributed by atoms with Gasteiger partial charge in [0.1, 0.15) is 18.3 Å². The maximum absolute atomic E-state index is 12.2. The summed E-state index contributed by atoms with van der Waals surface area (Å²) in [5.41, 5.74) is -0.870. The maximum Gasteiger partial charge on any atom is 0.309 e. The first kappa shape index (κ1) is 19.6. The molecule has 2 heterocycles. The molecular formula is C18H33NO5. The molecule has 2 bridgehead atoms. The van der Waals surface area contributed by atoms with Crippen LogP contribution in [0.2, 0.25) is 0 Å². The number of aliphatic hydroxyl groups excluding tert-OH is 1. The van der Waals surface area contributed by atoms with Crippen LogP contribution in [0.1, 0.15) is 53.9 Å². The van der Waals surface area contributed by atoms with Crippen LogP contribution in [0.15, 0.2) is 0 Å². The van der Waals surface area contributed by atoms with Crippen LogP contribution in [-0.2, 0) is 14.3 Å². The van der Waals surface area contributed by atoms with Gasteiger partial charge >= 0.3 is 5.97 Å². The molecule has 0 saturated carbocycles. The van der Waals surface area contributed by atoms with Crippen molar-refractivity contribution in [2.24, 2.45) is 11.8 Å². The van der Waals surface area contributed by atoms with Crippen molar-refractivity contribution in [1.29, 1.82) is 0 Å². The van der Waals surface area contributed by atoms with Crippen LogP contribution in [0.5, 0.6) is 0 Å². The molecule has 6 nitrogen and oxygen atoms in total. The Hall–Kier alpha value is -0.690. The second-order valence-corrected chi connectivity index (χ2v) is 8.20. The second-order valence-electron chi connectivity index (χ2n) is 8.20. The van der Waals surface area contributed by atoms with Gasteiger partial charge in [-0.15, -0.1) is 0 Å². The van der Waals surface area contributed by atoms with Crippen LogP contribution in [0.25, 0.3) is 0 Å². The van der Waals surface area contributed by atoms with Gasteiger partial charge in [0.05, 0.1) is 17.6 Å². The molecule has 0 aromatic carbocycles. The Morgan fingerprint density at radius 1 is 1.21 bits per heavy atom. The molecule has 140 valence electrons. The van der Waals surface area contributed by atoms with E-state index in [2.05, 4.69) is 12.2 Å². The van der Waals surface area contributed by atoms with Crippen LogP contribution in [0.3, 0.4) is 0 Å². The molecule has 2 aliphatic heterocycles. The largest absolute Gasteiger partial charge is 0.460 e. The Kier molecular flexibility index (Phi) is 6.29. The molecule has 8 atom stereocenters. The lowest BCUT2D eigenvalue weighted by Gasteiger charge is -2.39. The Bertz CT molecular complexity index is 441. The second kappa shape index (κ2) is 7.68. The number of carbonyl (C=O) groups is 1. The predicted molar refractivity (Wildman–Crippen MR) is 90.5 cm³/mol. The lowest BCUT2D eigenvalue weighted by molar-refractivity contribution is -0.163. The number of esters is 1. The third kappa shape index (κ3) is 4.91. The number of hydrogen-bond acceptors (Lipinski definition) is 6. The lowest BCUT2D eigenvalue weighted by atomic mass is 9.85. The molecule has 4 unspecified atom stereocenters. The molecule has 24 heavy (non-hydrogen) atoms. The minimum Gasteiger partial charge on any atom is -0.460 e. The summed E-state index contributed by atoms with van der Waals surface area (Å²) >= 11 is 0. The molecular weight excluding hydrogens is 310 g/mol.